The van der Waals surface area contributed by atoms with Crippen molar-refractivity contribution in [1.82, 2.24) is 9.71 Å². The predicted octanol–water partition coefficient (Wildman–Crippen LogP) is -3.79. The van der Waals surface area contributed by atoms with Gasteiger partial charge in [0.15, 0.2) is 0 Å². The normalized spacial score (nSPS) is 23.2. The number of H-pyrrole nitrogens is 1. The Morgan fingerprint density at radius 1 is 1.42 bits per heavy atom. The van der Waals surface area contributed by atoms with E-state index >= 15 is 0 Å². The zero-order chi connectivity index (χ0) is 16.5. The van der Waals surface area contributed by atoms with Gasteiger partial charge in [-0.05, 0) is 6.92 Å². The molecule has 4 N–H and O–H groups in total. The molecule has 1 saturated heterocycles. The van der Waals surface area contributed by atoms with Crippen LogP contribution in [0.15, 0.2) is 15.8 Å². The Hall–Kier alpha value is 0.510. The van der Waals surface area contributed by atoms with Gasteiger partial charge in [0.05, 0.1) is 12.8 Å². The summed E-state index contributed by atoms with van der Waals surface area (Å²) in [5.74, 6) is 0. The van der Waals surface area contributed by atoms with E-state index in [1.54, 1.807) is 0 Å². The number of aliphatic hydroxyl groups excluding tert-OH is 1. The molecule has 2 heterocycles. The van der Waals surface area contributed by atoms with E-state index in [9.17, 15) is 19.3 Å². The number of hydrogen-bond donors (Lipinski definition) is 4. The average molecular weight is 386 g/mol. The Morgan fingerprint density at radius 2 is 2.04 bits per heavy atom. The number of ether oxygens (including phenoxy) is 2. The summed E-state index contributed by atoms with van der Waals surface area (Å²) >= 11 is 0. The van der Waals surface area contributed by atoms with Crippen LogP contribution < -0.4 is 16.1 Å². The summed E-state index contributed by atoms with van der Waals surface area (Å²) < 4.78 is 21.3. The Morgan fingerprint density at radius 3 is 2.62 bits per heavy atom. The van der Waals surface area contributed by atoms with Gasteiger partial charge in [-0.25, -0.2) is 4.79 Å². The van der Waals surface area contributed by atoms with Crippen molar-refractivity contribution >= 4 is 66.7 Å². The molecule has 0 aromatic carbocycles. The van der Waals surface area contributed by atoms with Crippen molar-refractivity contribution in [1.29, 1.82) is 0 Å². The summed E-state index contributed by atoms with van der Waals surface area (Å²) in [5, 5.41) is 9.91. The van der Waals surface area contributed by atoms with Crippen molar-refractivity contribution in [3.05, 3.63) is 32.6 Å². The molecule has 1 aliphatic heterocycles. The van der Waals surface area contributed by atoms with Crippen LogP contribution >= 0.6 is 7.60 Å². The van der Waals surface area contributed by atoms with Gasteiger partial charge in [0.25, 0.3) is 11.8 Å². The van der Waals surface area contributed by atoms with E-state index in [2.05, 4.69) is 0 Å². The van der Waals surface area contributed by atoms with E-state index < -0.39 is 43.7 Å². The molecule has 1 fully saturated rings. The van der Waals surface area contributed by atoms with Crippen molar-refractivity contribution < 1.29 is 33.8 Å². The van der Waals surface area contributed by atoms with E-state index in [-0.39, 0.29) is 71.3 Å². The summed E-state index contributed by atoms with van der Waals surface area (Å²) in [6.07, 6.45) is -3.42. The summed E-state index contributed by atoms with van der Waals surface area (Å²) in [7, 11) is -4.38. The maximum atomic E-state index is 11.5. The Kier molecular flexibility index (Phi) is 10.2. The first kappa shape index (κ1) is 24.5. The fourth-order valence-electron chi connectivity index (χ4n) is 1.73. The second-order valence-electron chi connectivity index (χ2n) is 4.69. The van der Waals surface area contributed by atoms with Crippen molar-refractivity contribution in [3.63, 3.8) is 0 Å². The molecule has 3 atom stereocenters. The van der Waals surface area contributed by atoms with Crippen molar-refractivity contribution in [2.24, 2.45) is 0 Å². The standard InChI is InChI=1S/C10H15N2O9P.2Na.2H/c1-5-2-12(10(15)11-8(5)14)21-9-7(13)6(3-19-9)20-4-22(16,17)18;;;;/h2,6-7,9,13H,3-4H2,1H3,(H,11,14,15)(H2,16,17,18);;;;/t6-,7+,9?;;;;/m0..../s1. The van der Waals surface area contributed by atoms with Crippen LogP contribution in [0.5, 0.6) is 0 Å². The minimum atomic E-state index is -4.38. The zero-order valence-electron chi connectivity index (χ0n) is 11.4. The van der Waals surface area contributed by atoms with E-state index in [1.165, 1.54) is 6.92 Å². The zero-order valence-corrected chi connectivity index (χ0v) is 12.3. The van der Waals surface area contributed by atoms with Gasteiger partial charge >= 0.3 is 72.4 Å². The van der Waals surface area contributed by atoms with E-state index in [0.717, 1.165) is 6.20 Å². The number of aliphatic hydroxyl groups is 1. The van der Waals surface area contributed by atoms with Crippen LogP contribution in [0.2, 0.25) is 0 Å². The molecule has 14 heteroatoms. The molecule has 1 unspecified atom stereocenters. The molecular weight excluding hydrogens is 369 g/mol. The molecule has 0 aliphatic carbocycles. The third-order valence-corrected chi connectivity index (χ3v) is 3.33. The van der Waals surface area contributed by atoms with Crippen LogP contribution in [0.3, 0.4) is 0 Å². The quantitative estimate of drug-likeness (QED) is 0.294. The molecule has 1 aromatic rings. The molecule has 0 amide bonds. The van der Waals surface area contributed by atoms with Gasteiger partial charge < -0.3 is 29.2 Å². The van der Waals surface area contributed by atoms with Gasteiger partial charge in [-0.15, -0.1) is 4.73 Å². The first-order valence-electron chi connectivity index (χ1n) is 6.13. The van der Waals surface area contributed by atoms with E-state index in [4.69, 9.17) is 24.1 Å². The predicted molar refractivity (Wildman–Crippen MR) is 84.5 cm³/mol. The van der Waals surface area contributed by atoms with Gasteiger partial charge in [0, 0.05) is 5.56 Å². The van der Waals surface area contributed by atoms with Gasteiger partial charge in [-0.1, -0.05) is 0 Å². The Balaban J connectivity index is 0.00000264. The number of aromatic amines is 1. The number of nitrogens with zero attached hydrogens (tertiary/aromatic N) is 1. The molecule has 0 bridgehead atoms. The number of nitrogens with one attached hydrogen (secondary N) is 1. The topological polar surface area (TPSA) is 160 Å². The molecule has 11 nitrogen and oxygen atoms in total. The van der Waals surface area contributed by atoms with Crippen LogP contribution in [0, 0.1) is 6.92 Å². The first-order chi connectivity index (χ1) is 10.2. The van der Waals surface area contributed by atoms with E-state index in [0.29, 0.717) is 4.73 Å². The monoisotopic (exact) mass is 386 g/mol. The number of aromatic nitrogens is 2. The van der Waals surface area contributed by atoms with Crippen LogP contribution in [0.25, 0.3) is 0 Å². The van der Waals surface area contributed by atoms with Gasteiger partial charge in [-0.3, -0.25) is 14.3 Å². The van der Waals surface area contributed by atoms with Crippen LogP contribution in [0.4, 0.5) is 0 Å². The summed E-state index contributed by atoms with van der Waals surface area (Å²) in [5.41, 5.74) is -1.21. The van der Waals surface area contributed by atoms with Gasteiger partial charge in [0.2, 0.25) is 0 Å². The molecule has 1 aliphatic rings. The summed E-state index contributed by atoms with van der Waals surface area (Å²) in [6, 6.07) is 0. The summed E-state index contributed by atoms with van der Waals surface area (Å²) in [4.78, 5) is 47.3. The molecule has 0 spiro atoms. The maximum absolute atomic E-state index is 11.5. The third kappa shape index (κ3) is 6.67. The fourth-order valence-corrected chi connectivity index (χ4v) is 2.11. The SMILES string of the molecule is Cc1cn(OC2OC[C@H](OCP(=O)(O)O)[C@H]2O)c(=O)[nH]c1=O.[NaH].[NaH]. The van der Waals surface area contributed by atoms with Crippen molar-refractivity contribution in [2.45, 2.75) is 25.4 Å². The first-order valence-corrected chi connectivity index (χ1v) is 7.93. The fraction of sp³-hybridized carbons (Fsp3) is 0.600. The molecule has 1 aromatic heterocycles. The minimum absolute atomic E-state index is 0. The van der Waals surface area contributed by atoms with Crippen molar-refractivity contribution in [2.75, 3.05) is 13.0 Å². The number of aryl methyl sites for hydroxylation is 1. The Labute approximate surface area is 180 Å². The molecular formula is C10H17N2Na2O9P. The molecule has 2 rings (SSSR count). The molecule has 0 saturated carbocycles. The van der Waals surface area contributed by atoms with Crippen LogP contribution in [-0.4, -0.2) is 115 Å². The van der Waals surface area contributed by atoms with Gasteiger partial charge in [-0.2, -0.15) is 0 Å². The van der Waals surface area contributed by atoms with Crippen LogP contribution in [-0.2, 0) is 14.0 Å². The number of rotatable bonds is 5. The van der Waals surface area contributed by atoms with Crippen molar-refractivity contribution in [3.8, 4) is 0 Å². The second kappa shape index (κ2) is 10.0. The number of hydrogen-bond acceptors (Lipinski definition) is 7. The molecule has 128 valence electrons. The van der Waals surface area contributed by atoms with E-state index in [1.807, 2.05) is 4.98 Å². The second-order valence-corrected chi connectivity index (χ2v) is 6.28. The third-order valence-electron chi connectivity index (χ3n) is 2.85. The molecule has 24 heavy (non-hydrogen) atoms. The molecule has 0 radical (unpaired) electrons. The average Bonchev–Trinajstić information content (AvgIpc) is 2.74. The Bertz CT molecular complexity index is 702. The summed E-state index contributed by atoms with van der Waals surface area (Å²) in [6.45, 7) is 1.28. The van der Waals surface area contributed by atoms with Gasteiger partial charge in [0.1, 0.15) is 18.6 Å². The van der Waals surface area contributed by atoms with Crippen LogP contribution in [0.1, 0.15) is 5.56 Å².